The van der Waals surface area contributed by atoms with Crippen molar-refractivity contribution in [3.8, 4) is 0 Å². The van der Waals surface area contributed by atoms with Crippen LogP contribution >= 0.6 is 0 Å². The number of ether oxygens (including phenoxy) is 1. The second-order valence-corrected chi connectivity index (χ2v) is 4.53. The summed E-state index contributed by atoms with van der Waals surface area (Å²) in [6.45, 7) is 9.43. The van der Waals surface area contributed by atoms with Gasteiger partial charge in [-0.05, 0) is 19.8 Å². The molecule has 14 heavy (non-hydrogen) atoms. The minimum Gasteiger partial charge on any atom is -0.381 e. The highest BCUT2D eigenvalue weighted by Crippen LogP contribution is 2.16. The predicted octanol–water partition coefficient (Wildman–Crippen LogP) is 2.36. The monoisotopic (exact) mass is 197 g/mol. The van der Waals surface area contributed by atoms with Crippen molar-refractivity contribution in [3.63, 3.8) is 0 Å². The summed E-state index contributed by atoms with van der Waals surface area (Å²) in [5.74, 6) is 0.651. The summed E-state index contributed by atoms with van der Waals surface area (Å²) in [7, 11) is 0. The maximum Gasteiger partial charge on any atom is 0.0528 e. The van der Waals surface area contributed by atoms with E-state index in [1.54, 1.807) is 0 Å². The second kappa shape index (κ2) is 6.20. The molecule has 2 heteroatoms. The number of nitrogens with one attached hydrogen (secondary N) is 1. The van der Waals surface area contributed by atoms with Gasteiger partial charge in [-0.15, -0.1) is 0 Å². The van der Waals surface area contributed by atoms with Crippen molar-refractivity contribution in [3.05, 3.63) is 11.6 Å². The Morgan fingerprint density at radius 2 is 2.36 bits per heavy atom. The van der Waals surface area contributed by atoms with Crippen LogP contribution in [0.4, 0.5) is 0 Å². The number of hydrogen-bond acceptors (Lipinski definition) is 2. The summed E-state index contributed by atoms with van der Waals surface area (Å²) in [5, 5.41) is 3.43. The van der Waals surface area contributed by atoms with Crippen LogP contribution in [0.3, 0.4) is 0 Å². The van der Waals surface area contributed by atoms with Gasteiger partial charge in [0.2, 0.25) is 0 Å². The summed E-state index contributed by atoms with van der Waals surface area (Å²) in [5.41, 5.74) is 1.44. The van der Waals surface area contributed by atoms with Crippen molar-refractivity contribution in [2.45, 2.75) is 39.7 Å². The lowest BCUT2D eigenvalue weighted by Gasteiger charge is -2.20. The van der Waals surface area contributed by atoms with Crippen LogP contribution in [0.15, 0.2) is 11.6 Å². The highest BCUT2D eigenvalue weighted by molar-refractivity contribution is 5.03. The van der Waals surface area contributed by atoms with Gasteiger partial charge in [0, 0.05) is 25.1 Å². The molecule has 0 aromatic heterocycles. The van der Waals surface area contributed by atoms with E-state index < -0.39 is 0 Å². The fourth-order valence-electron chi connectivity index (χ4n) is 1.72. The van der Waals surface area contributed by atoms with E-state index in [2.05, 4.69) is 32.2 Å². The van der Waals surface area contributed by atoms with Crippen LogP contribution in [0.2, 0.25) is 0 Å². The molecule has 1 atom stereocenters. The predicted molar refractivity (Wildman–Crippen MR) is 60.4 cm³/mol. The molecule has 82 valence electrons. The number of rotatable bonds is 4. The Hall–Kier alpha value is -0.340. The minimum absolute atomic E-state index is 0.570. The van der Waals surface area contributed by atoms with Crippen LogP contribution in [-0.2, 0) is 4.74 Å². The molecule has 0 aromatic rings. The summed E-state index contributed by atoms with van der Waals surface area (Å²) in [6.07, 6.45) is 4.87. The Morgan fingerprint density at radius 3 is 2.93 bits per heavy atom. The third-order valence-electron chi connectivity index (χ3n) is 2.50. The first-order valence-corrected chi connectivity index (χ1v) is 5.67. The highest BCUT2D eigenvalue weighted by Gasteiger charge is 2.11. The molecule has 1 unspecified atom stereocenters. The molecule has 0 aromatic carbocycles. The Morgan fingerprint density at radius 1 is 1.57 bits per heavy atom. The quantitative estimate of drug-likeness (QED) is 0.699. The van der Waals surface area contributed by atoms with Gasteiger partial charge in [-0.25, -0.2) is 0 Å². The van der Waals surface area contributed by atoms with Gasteiger partial charge in [-0.3, -0.25) is 0 Å². The first-order valence-electron chi connectivity index (χ1n) is 5.67. The Bertz CT molecular complexity index is 181. The summed E-state index contributed by atoms with van der Waals surface area (Å²) in [6, 6.07) is 0.570. The van der Waals surface area contributed by atoms with E-state index in [1.165, 1.54) is 18.4 Å². The smallest absolute Gasteiger partial charge is 0.0528 e. The molecule has 1 saturated heterocycles. The molecule has 0 saturated carbocycles. The topological polar surface area (TPSA) is 21.3 Å². The molecule has 1 rings (SSSR count). The lowest BCUT2D eigenvalue weighted by atomic mass is 9.99. The van der Waals surface area contributed by atoms with Crippen LogP contribution in [0, 0.1) is 5.92 Å². The molecule has 0 bridgehead atoms. The molecule has 1 aliphatic heterocycles. The molecule has 0 aliphatic carbocycles. The van der Waals surface area contributed by atoms with Crippen LogP contribution in [-0.4, -0.2) is 25.8 Å². The molecule has 1 heterocycles. The Balaban J connectivity index is 2.26. The second-order valence-electron chi connectivity index (χ2n) is 4.53. The van der Waals surface area contributed by atoms with Gasteiger partial charge >= 0.3 is 0 Å². The van der Waals surface area contributed by atoms with E-state index in [1.807, 2.05) is 0 Å². The van der Waals surface area contributed by atoms with Gasteiger partial charge in [0.1, 0.15) is 0 Å². The minimum atomic E-state index is 0.570. The van der Waals surface area contributed by atoms with Crippen molar-refractivity contribution in [1.29, 1.82) is 0 Å². The normalized spacial score (nSPS) is 24.3. The van der Waals surface area contributed by atoms with Crippen LogP contribution in [0.1, 0.15) is 33.6 Å². The van der Waals surface area contributed by atoms with E-state index in [0.717, 1.165) is 19.8 Å². The molecule has 0 spiro atoms. The van der Waals surface area contributed by atoms with E-state index in [4.69, 9.17) is 4.74 Å². The summed E-state index contributed by atoms with van der Waals surface area (Å²) < 4.78 is 5.44. The zero-order valence-electron chi connectivity index (χ0n) is 9.68. The third kappa shape index (κ3) is 4.77. The maximum atomic E-state index is 5.44. The SMILES string of the molecule is C/C(=C\C1CCCOC1)CNC(C)C. The highest BCUT2D eigenvalue weighted by atomic mass is 16.5. The molecular weight excluding hydrogens is 174 g/mol. The van der Waals surface area contributed by atoms with Crippen molar-refractivity contribution < 1.29 is 4.74 Å². The van der Waals surface area contributed by atoms with Crippen molar-refractivity contribution in [2.24, 2.45) is 5.92 Å². The lowest BCUT2D eigenvalue weighted by molar-refractivity contribution is 0.0707. The average molecular weight is 197 g/mol. The molecule has 1 N–H and O–H groups in total. The average Bonchev–Trinajstić information content (AvgIpc) is 2.16. The van der Waals surface area contributed by atoms with E-state index >= 15 is 0 Å². The molecule has 0 amide bonds. The third-order valence-corrected chi connectivity index (χ3v) is 2.50. The zero-order valence-corrected chi connectivity index (χ0v) is 9.68. The van der Waals surface area contributed by atoms with Crippen LogP contribution in [0.25, 0.3) is 0 Å². The van der Waals surface area contributed by atoms with Crippen LogP contribution in [0.5, 0.6) is 0 Å². The van der Waals surface area contributed by atoms with Gasteiger partial charge in [0.25, 0.3) is 0 Å². The van der Waals surface area contributed by atoms with Gasteiger partial charge in [0.15, 0.2) is 0 Å². The van der Waals surface area contributed by atoms with Gasteiger partial charge < -0.3 is 10.1 Å². The van der Waals surface area contributed by atoms with Crippen molar-refractivity contribution in [2.75, 3.05) is 19.8 Å². The number of hydrogen-bond donors (Lipinski definition) is 1. The standard InChI is InChI=1S/C12H23NO/c1-10(2)13-8-11(3)7-12-5-4-6-14-9-12/h7,10,12-13H,4-6,8-9H2,1-3H3/b11-7+. The maximum absolute atomic E-state index is 5.44. The van der Waals surface area contributed by atoms with E-state index in [0.29, 0.717) is 12.0 Å². The molecule has 1 fully saturated rings. The van der Waals surface area contributed by atoms with Gasteiger partial charge in [-0.1, -0.05) is 25.5 Å². The first kappa shape index (κ1) is 11.7. The molecule has 0 radical (unpaired) electrons. The summed E-state index contributed by atoms with van der Waals surface area (Å²) >= 11 is 0. The van der Waals surface area contributed by atoms with Crippen LogP contribution < -0.4 is 5.32 Å². The molecule has 2 nitrogen and oxygen atoms in total. The van der Waals surface area contributed by atoms with Gasteiger partial charge in [-0.2, -0.15) is 0 Å². The van der Waals surface area contributed by atoms with Crippen molar-refractivity contribution >= 4 is 0 Å². The van der Waals surface area contributed by atoms with Crippen molar-refractivity contribution in [1.82, 2.24) is 5.32 Å². The lowest BCUT2D eigenvalue weighted by Crippen LogP contribution is -2.25. The van der Waals surface area contributed by atoms with Gasteiger partial charge in [0.05, 0.1) is 6.61 Å². The van der Waals surface area contributed by atoms with E-state index in [9.17, 15) is 0 Å². The fraction of sp³-hybridized carbons (Fsp3) is 0.833. The largest absolute Gasteiger partial charge is 0.381 e. The molecular formula is C12H23NO. The zero-order chi connectivity index (χ0) is 10.4. The Labute approximate surface area is 87.7 Å². The molecule has 1 aliphatic rings. The first-order chi connectivity index (χ1) is 6.68. The van der Waals surface area contributed by atoms with E-state index in [-0.39, 0.29) is 0 Å². The fourth-order valence-corrected chi connectivity index (χ4v) is 1.72. The summed E-state index contributed by atoms with van der Waals surface area (Å²) in [4.78, 5) is 0. The Kier molecular flexibility index (Phi) is 5.20.